The van der Waals surface area contributed by atoms with E-state index in [-0.39, 0.29) is 0 Å². The summed E-state index contributed by atoms with van der Waals surface area (Å²) in [5, 5.41) is 12.2. The highest BCUT2D eigenvalue weighted by Crippen LogP contribution is 2.41. The minimum absolute atomic E-state index is 0.833. The SMILES string of the molecule is ON=C1CCN([C@H]2C[C@@H]3CCC[C@@H](C3)C2)CC1. The second-order valence-electron chi connectivity index (χ2n) is 6.23. The molecule has 0 spiro atoms. The van der Waals surface area contributed by atoms with Crippen molar-refractivity contribution >= 4 is 5.71 Å². The largest absolute Gasteiger partial charge is 0.411 e. The molecule has 2 bridgehead atoms. The number of oxime groups is 1. The first kappa shape index (κ1) is 11.5. The van der Waals surface area contributed by atoms with Crippen molar-refractivity contribution in [2.24, 2.45) is 17.0 Å². The second-order valence-corrected chi connectivity index (χ2v) is 6.23. The van der Waals surface area contributed by atoms with Gasteiger partial charge in [-0.1, -0.05) is 24.4 Å². The normalized spacial score (nSPS) is 39.1. The van der Waals surface area contributed by atoms with Gasteiger partial charge in [-0.3, -0.25) is 4.90 Å². The zero-order valence-corrected chi connectivity index (χ0v) is 10.6. The number of piperidine rings is 1. The Hall–Kier alpha value is -0.570. The topological polar surface area (TPSA) is 35.8 Å². The summed E-state index contributed by atoms with van der Waals surface area (Å²) in [5.41, 5.74) is 0.997. The van der Waals surface area contributed by atoms with Crippen LogP contribution in [0.1, 0.15) is 51.4 Å². The van der Waals surface area contributed by atoms with Crippen molar-refractivity contribution < 1.29 is 5.21 Å². The molecule has 96 valence electrons. The molecular formula is C14H24N2O. The lowest BCUT2D eigenvalue weighted by Crippen LogP contribution is -2.46. The molecule has 3 nitrogen and oxygen atoms in total. The first-order valence-corrected chi connectivity index (χ1v) is 7.29. The fourth-order valence-electron chi connectivity index (χ4n) is 4.24. The molecule has 1 heterocycles. The van der Waals surface area contributed by atoms with Crippen LogP contribution >= 0.6 is 0 Å². The number of hydrogen-bond acceptors (Lipinski definition) is 3. The number of likely N-dealkylation sites (tertiary alicyclic amines) is 1. The minimum atomic E-state index is 0.833. The maximum absolute atomic E-state index is 8.79. The van der Waals surface area contributed by atoms with E-state index >= 15 is 0 Å². The van der Waals surface area contributed by atoms with Gasteiger partial charge in [0.15, 0.2) is 0 Å². The monoisotopic (exact) mass is 236 g/mol. The average Bonchev–Trinajstić information content (AvgIpc) is 2.38. The van der Waals surface area contributed by atoms with E-state index in [9.17, 15) is 0 Å². The lowest BCUT2D eigenvalue weighted by molar-refractivity contribution is 0.0715. The molecule has 1 saturated heterocycles. The molecule has 3 fully saturated rings. The van der Waals surface area contributed by atoms with Crippen LogP contribution in [0, 0.1) is 11.8 Å². The van der Waals surface area contributed by atoms with Gasteiger partial charge in [0.2, 0.25) is 0 Å². The third-order valence-corrected chi connectivity index (χ3v) is 5.14. The quantitative estimate of drug-likeness (QED) is 0.561. The Morgan fingerprint density at radius 2 is 1.65 bits per heavy atom. The summed E-state index contributed by atoms with van der Waals surface area (Å²) >= 11 is 0. The van der Waals surface area contributed by atoms with Crippen molar-refractivity contribution in [1.82, 2.24) is 4.90 Å². The van der Waals surface area contributed by atoms with Gasteiger partial charge in [0, 0.05) is 32.0 Å². The van der Waals surface area contributed by atoms with Gasteiger partial charge in [-0.2, -0.15) is 0 Å². The molecule has 17 heavy (non-hydrogen) atoms. The van der Waals surface area contributed by atoms with E-state index < -0.39 is 0 Å². The van der Waals surface area contributed by atoms with Gasteiger partial charge >= 0.3 is 0 Å². The Labute approximate surface area is 104 Å². The second kappa shape index (κ2) is 4.97. The van der Waals surface area contributed by atoms with Gasteiger partial charge in [0.05, 0.1) is 5.71 Å². The molecule has 0 unspecified atom stereocenters. The summed E-state index contributed by atoms with van der Waals surface area (Å²) in [7, 11) is 0. The van der Waals surface area contributed by atoms with Gasteiger partial charge in [0.1, 0.15) is 0 Å². The molecule has 2 aliphatic carbocycles. The molecule has 2 saturated carbocycles. The Morgan fingerprint density at radius 3 is 2.24 bits per heavy atom. The van der Waals surface area contributed by atoms with E-state index in [4.69, 9.17) is 5.21 Å². The van der Waals surface area contributed by atoms with Crippen LogP contribution in [0.15, 0.2) is 5.16 Å². The van der Waals surface area contributed by atoms with Crippen LogP contribution in [0.2, 0.25) is 0 Å². The first-order valence-electron chi connectivity index (χ1n) is 7.29. The molecule has 0 radical (unpaired) electrons. The third-order valence-electron chi connectivity index (χ3n) is 5.14. The minimum Gasteiger partial charge on any atom is -0.411 e. The molecule has 3 heteroatoms. The van der Waals surface area contributed by atoms with Crippen molar-refractivity contribution in [3.63, 3.8) is 0 Å². The summed E-state index contributed by atoms with van der Waals surface area (Å²) in [5.74, 6) is 2.03. The fourth-order valence-corrected chi connectivity index (χ4v) is 4.24. The van der Waals surface area contributed by atoms with Gasteiger partial charge in [-0.15, -0.1) is 0 Å². The average molecular weight is 236 g/mol. The first-order chi connectivity index (χ1) is 8.35. The van der Waals surface area contributed by atoms with Gasteiger partial charge in [-0.25, -0.2) is 0 Å². The predicted octanol–water partition coefficient (Wildman–Crippen LogP) is 2.88. The summed E-state index contributed by atoms with van der Waals surface area (Å²) < 4.78 is 0. The molecule has 1 aliphatic heterocycles. The molecule has 0 aromatic heterocycles. The zero-order valence-electron chi connectivity index (χ0n) is 10.6. The van der Waals surface area contributed by atoms with Crippen molar-refractivity contribution in [1.29, 1.82) is 0 Å². The van der Waals surface area contributed by atoms with E-state index in [1.807, 2.05) is 0 Å². The van der Waals surface area contributed by atoms with Crippen LogP contribution in [-0.2, 0) is 0 Å². The highest BCUT2D eigenvalue weighted by Gasteiger charge is 2.35. The van der Waals surface area contributed by atoms with E-state index in [1.54, 1.807) is 0 Å². The van der Waals surface area contributed by atoms with E-state index in [2.05, 4.69) is 10.1 Å². The summed E-state index contributed by atoms with van der Waals surface area (Å²) in [6, 6.07) is 0.833. The molecule has 3 rings (SSSR count). The zero-order chi connectivity index (χ0) is 11.7. The maximum Gasteiger partial charge on any atom is 0.0596 e. The Morgan fingerprint density at radius 1 is 1.00 bits per heavy atom. The van der Waals surface area contributed by atoms with E-state index in [1.165, 1.54) is 38.5 Å². The smallest absolute Gasteiger partial charge is 0.0596 e. The number of nitrogens with zero attached hydrogens (tertiary/aromatic N) is 2. The van der Waals surface area contributed by atoms with Crippen LogP contribution in [0.5, 0.6) is 0 Å². The van der Waals surface area contributed by atoms with Gasteiger partial charge < -0.3 is 5.21 Å². The van der Waals surface area contributed by atoms with Crippen LogP contribution in [0.4, 0.5) is 0 Å². The van der Waals surface area contributed by atoms with Crippen molar-refractivity contribution in [2.75, 3.05) is 13.1 Å². The van der Waals surface area contributed by atoms with Gasteiger partial charge in [-0.05, 0) is 31.1 Å². The standard InChI is InChI=1S/C14H24N2O/c17-15-13-4-6-16(7-5-13)14-9-11-2-1-3-12(8-11)10-14/h11-12,14,17H,1-10H2/t11-,12+,14+. The molecule has 0 amide bonds. The summed E-state index contributed by atoms with van der Waals surface area (Å²) in [4.78, 5) is 2.67. The number of hydrogen-bond donors (Lipinski definition) is 1. The molecular weight excluding hydrogens is 212 g/mol. The van der Waals surface area contributed by atoms with Crippen molar-refractivity contribution in [2.45, 2.75) is 57.4 Å². The number of rotatable bonds is 1. The van der Waals surface area contributed by atoms with Gasteiger partial charge in [0.25, 0.3) is 0 Å². The third kappa shape index (κ3) is 2.49. The molecule has 3 aliphatic rings. The fraction of sp³-hybridized carbons (Fsp3) is 0.929. The lowest BCUT2D eigenvalue weighted by atomic mass is 9.70. The van der Waals surface area contributed by atoms with Crippen LogP contribution < -0.4 is 0 Å². The van der Waals surface area contributed by atoms with Crippen molar-refractivity contribution in [3.05, 3.63) is 0 Å². The molecule has 0 aromatic carbocycles. The summed E-state index contributed by atoms with van der Waals surface area (Å²) in [6.45, 7) is 2.23. The van der Waals surface area contributed by atoms with Crippen LogP contribution in [0.3, 0.4) is 0 Å². The Bertz CT molecular complexity index is 281. The molecule has 3 atom stereocenters. The summed E-state index contributed by atoms with van der Waals surface area (Å²) in [6.07, 6.45) is 10.8. The predicted molar refractivity (Wildman–Crippen MR) is 68.5 cm³/mol. The highest BCUT2D eigenvalue weighted by atomic mass is 16.4. The highest BCUT2D eigenvalue weighted by molar-refractivity contribution is 5.84. The Kier molecular flexibility index (Phi) is 3.37. The lowest BCUT2D eigenvalue weighted by Gasteiger charge is -2.44. The molecule has 0 aromatic rings. The van der Waals surface area contributed by atoms with Crippen LogP contribution in [-0.4, -0.2) is 35.0 Å². The van der Waals surface area contributed by atoms with E-state index in [0.29, 0.717) is 0 Å². The maximum atomic E-state index is 8.79. The van der Waals surface area contributed by atoms with E-state index in [0.717, 1.165) is 49.5 Å². The molecule has 1 N–H and O–H groups in total. The number of fused-ring (bicyclic) bond motifs is 2. The Balaban J connectivity index is 1.58. The van der Waals surface area contributed by atoms with Crippen molar-refractivity contribution in [3.8, 4) is 0 Å². The van der Waals surface area contributed by atoms with Crippen LogP contribution in [0.25, 0.3) is 0 Å².